The van der Waals surface area contributed by atoms with Gasteiger partial charge in [0.2, 0.25) is 11.8 Å². The van der Waals surface area contributed by atoms with Crippen molar-refractivity contribution in [1.29, 1.82) is 0 Å². The SMILES string of the molecule is COc1ccc(CCC2CCN(C(=O)C(C)(C)NC(C)=O)CC2)cc1. The zero-order valence-corrected chi connectivity index (χ0v) is 15.8. The molecule has 0 bridgehead atoms. The minimum Gasteiger partial charge on any atom is -0.497 e. The first-order valence-corrected chi connectivity index (χ1v) is 9.03. The summed E-state index contributed by atoms with van der Waals surface area (Å²) in [6.07, 6.45) is 4.25. The number of rotatable bonds is 6. The van der Waals surface area contributed by atoms with Gasteiger partial charge < -0.3 is 15.0 Å². The predicted octanol–water partition coefficient (Wildman–Crippen LogP) is 2.78. The number of aryl methyl sites for hydroxylation is 1. The monoisotopic (exact) mass is 346 g/mol. The summed E-state index contributed by atoms with van der Waals surface area (Å²) in [6.45, 7) is 6.53. The number of piperidine rings is 1. The van der Waals surface area contributed by atoms with Crippen molar-refractivity contribution >= 4 is 11.8 Å². The molecular weight excluding hydrogens is 316 g/mol. The van der Waals surface area contributed by atoms with Gasteiger partial charge in [-0.1, -0.05) is 12.1 Å². The molecule has 1 aromatic rings. The molecule has 1 N–H and O–H groups in total. The maximum absolute atomic E-state index is 12.6. The van der Waals surface area contributed by atoms with Crippen LogP contribution < -0.4 is 10.1 Å². The van der Waals surface area contributed by atoms with Gasteiger partial charge in [0.15, 0.2) is 0 Å². The highest BCUT2D eigenvalue weighted by atomic mass is 16.5. The zero-order chi connectivity index (χ0) is 18.4. The van der Waals surface area contributed by atoms with Crippen molar-refractivity contribution in [3.05, 3.63) is 29.8 Å². The number of benzene rings is 1. The summed E-state index contributed by atoms with van der Waals surface area (Å²) >= 11 is 0. The van der Waals surface area contributed by atoms with Gasteiger partial charge >= 0.3 is 0 Å². The summed E-state index contributed by atoms with van der Waals surface area (Å²) in [4.78, 5) is 25.8. The van der Waals surface area contributed by atoms with E-state index in [1.54, 1.807) is 21.0 Å². The van der Waals surface area contributed by atoms with Gasteiger partial charge in [0, 0.05) is 20.0 Å². The van der Waals surface area contributed by atoms with Crippen LogP contribution in [0.3, 0.4) is 0 Å². The van der Waals surface area contributed by atoms with Gasteiger partial charge in [-0.25, -0.2) is 0 Å². The van der Waals surface area contributed by atoms with Crippen LogP contribution in [0.15, 0.2) is 24.3 Å². The minimum absolute atomic E-state index is 0.0105. The molecule has 1 fully saturated rings. The molecule has 0 saturated carbocycles. The van der Waals surface area contributed by atoms with E-state index < -0.39 is 5.54 Å². The number of hydrogen-bond acceptors (Lipinski definition) is 3. The topological polar surface area (TPSA) is 58.6 Å². The fraction of sp³-hybridized carbons (Fsp3) is 0.600. The molecule has 2 rings (SSSR count). The third kappa shape index (κ3) is 5.48. The number of likely N-dealkylation sites (tertiary alicyclic amines) is 1. The second-order valence-electron chi connectivity index (χ2n) is 7.43. The molecular formula is C20H30N2O3. The lowest BCUT2D eigenvalue weighted by atomic mass is 9.89. The van der Waals surface area contributed by atoms with Crippen LogP contribution in [-0.2, 0) is 16.0 Å². The van der Waals surface area contributed by atoms with Crippen molar-refractivity contribution in [3.8, 4) is 5.75 Å². The minimum atomic E-state index is -0.832. The molecule has 0 aliphatic carbocycles. The van der Waals surface area contributed by atoms with Gasteiger partial charge in [0.05, 0.1) is 7.11 Å². The molecule has 0 unspecified atom stereocenters. The summed E-state index contributed by atoms with van der Waals surface area (Å²) in [5.41, 5.74) is 0.494. The van der Waals surface area contributed by atoms with E-state index in [1.807, 2.05) is 17.0 Å². The molecule has 0 aromatic heterocycles. The lowest BCUT2D eigenvalue weighted by molar-refractivity contribution is -0.141. The Morgan fingerprint density at radius 3 is 2.32 bits per heavy atom. The van der Waals surface area contributed by atoms with Gasteiger partial charge in [-0.2, -0.15) is 0 Å². The number of ether oxygens (including phenoxy) is 1. The summed E-state index contributed by atoms with van der Waals surface area (Å²) in [5, 5.41) is 2.74. The number of carbonyl (C=O) groups excluding carboxylic acids is 2. The van der Waals surface area contributed by atoms with Crippen LogP contribution >= 0.6 is 0 Å². The van der Waals surface area contributed by atoms with Gasteiger partial charge in [0.1, 0.15) is 11.3 Å². The Morgan fingerprint density at radius 2 is 1.80 bits per heavy atom. The van der Waals surface area contributed by atoms with E-state index in [9.17, 15) is 9.59 Å². The maximum Gasteiger partial charge on any atom is 0.247 e. The first kappa shape index (κ1) is 19.3. The zero-order valence-electron chi connectivity index (χ0n) is 15.8. The Bertz CT molecular complexity index is 587. The number of methoxy groups -OCH3 is 1. The van der Waals surface area contributed by atoms with Crippen molar-refractivity contribution in [1.82, 2.24) is 10.2 Å². The predicted molar refractivity (Wildman–Crippen MR) is 98.5 cm³/mol. The highest BCUT2D eigenvalue weighted by Gasteiger charge is 2.34. The summed E-state index contributed by atoms with van der Waals surface area (Å²) in [7, 11) is 1.68. The molecule has 1 saturated heterocycles. The Balaban J connectivity index is 1.79. The normalized spacial score (nSPS) is 15.8. The van der Waals surface area contributed by atoms with E-state index >= 15 is 0 Å². The van der Waals surface area contributed by atoms with Gasteiger partial charge in [-0.3, -0.25) is 9.59 Å². The molecule has 5 heteroatoms. The molecule has 1 aliphatic heterocycles. The van der Waals surface area contributed by atoms with Gasteiger partial charge in [-0.15, -0.1) is 0 Å². The fourth-order valence-electron chi connectivity index (χ4n) is 3.48. The first-order valence-electron chi connectivity index (χ1n) is 9.03. The van der Waals surface area contributed by atoms with E-state index in [1.165, 1.54) is 12.5 Å². The summed E-state index contributed by atoms with van der Waals surface area (Å²) in [5.74, 6) is 1.37. The van der Waals surface area contributed by atoms with E-state index in [2.05, 4.69) is 17.4 Å². The summed E-state index contributed by atoms with van der Waals surface area (Å²) in [6, 6.07) is 8.24. The molecule has 138 valence electrons. The van der Waals surface area contributed by atoms with Crippen molar-refractivity contribution in [3.63, 3.8) is 0 Å². The second-order valence-corrected chi connectivity index (χ2v) is 7.43. The largest absolute Gasteiger partial charge is 0.497 e. The Kier molecular flexibility index (Phi) is 6.45. The quantitative estimate of drug-likeness (QED) is 0.862. The van der Waals surface area contributed by atoms with Crippen LogP contribution in [0.25, 0.3) is 0 Å². The van der Waals surface area contributed by atoms with E-state index in [0.717, 1.165) is 44.5 Å². The third-order valence-corrected chi connectivity index (χ3v) is 4.93. The number of amides is 2. The van der Waals surface area contributed by atoms with Gasteiger partial charge in [-0.05, 0) is 63.1 Å². The molecule has 0 radical (unpaired) electrons. The lowest BCUT2D eigenvalue weighted by Crippen LogP contribution is -2.56. The second kappa shape index (κ2) is 8.37. The standard InChI is InChI=1S/C20H30N2O3/c1-15(23)21-20(2,3)19(24)22-13-11-17(12-14-22)6-5-16-7-9-18(25-4)10-8-16/h7-10,17H,5-6,11-14H2,1-4H3,(H,21,23). The van der Waals surface area contributed by atoms with Crippen LogP contribution in [0.1, 0.15) is 45.6 Å². The number of nitrogens with zero attached hydrogens (tertiary/aromatic N) is 1. The molecule has 1 aliphatic rings. The lowest BCUT2D eigenvalue weighted by Gasteiger charge is -2.37. The van der Waals surface area contributed by atoms with Crippen LogP contribution in [0.4, 0.5) is 0 Å². The Morgan fingerprint density at radius 1 is 1.20 bits per heavy atom. The molecule has 0 spiro atoms. The smallest absolute Gasteiger partial charge is 0.247 e. The van der Waals surface area contributed by atoms with Crippen molar-refractivity contribution in [2.45, 2.75) is 52.0 Å². The average molecular weight is 346 g/mol. The van der Waals surface area contributed by atoms with Crippen LogP contribution in [0.2, 0.25) is 0 Å². The number of carbonyl (C=O) groups is 2. The Hall–Kier alpha value is -2.04. The van der Waals surface area contributed by atoms with Crippen molar-refractivity contribution in [2.24, 2.45) is 5.92 Å². The van der Waals surface area contributed by atoms with E-state index in [-0.39, 0.29) is 11.8 Å². The number of hydrogen-bond donors (Lipinski definition) is 1. The molecule has 0 atom stereocenters. The molecule has 1 heterocycles. The molecule has 25 heavy (non-hydrogen) atoms. The fourth-order valence-corrected chi connectivity index (χ4v) is 3.48. The first-order chi connectivity index (χ1) is 11.8. The number of nitrogens with one attached hydrogen (secondary N) is 1. The van der Waals surface area contributed by atoms with Crippen LogP contribution in [0, 0.1) is 5.92 Å². The molecule has 1 aromatic carbocycles. The van der Waals surface area contributed by atoms with Crippen molar-refractivity contribution < 1.29 is 14.3 Å². The molecule has 5 nitrogen and oxygen atoms in total. The van der Waals surface area contributed by atoms with Crippen LogP contribution in [-0.4, -0.2) is 42.5 Å². The highest BCUT2D eigenvalue weighted by Crippen LogP contribution is 2.24. The van der Waals surface area contributed by atoms with E-state index in [0.29, 0.717) is 5.92 Å². The summed E-state index contributed by atoms with van der Waals surface area (Å²) < 4.78 is 5.19. The Labute approximate surface area is 150 Å². The van der Waals surface area contributed by atoms with Crippen LogP contribution in [0.5, 0.6) is 5.75 Å². The third-order valence-electron chi connectivity index (χ3n) is 4.93. The average Bonchev–Trinajstić information content (AvgIpc) is 2.59. The van der Waals surface area contributed by atoms with Crippen molar-refractivity contribution in [2.75, 3.05) is 20.2 Å². The van der Waals surface area contributed by atoms with E-state index in [4.69, 9.17) is 4.74 Å². The van der Waals surface area contributed by atoms with Gasteiger partial charge in [0.25, 0.3) is 0 Å². The maximum atomic E-state index is 12.6. The highest BCUT2D eigenvalue weighted by molar-refractivity contribution is 5.90. The molecule has 2 amide bonds.